The molecular formula is C16H25NO. The third-order valence-electron chi connectivity index (χ3n) is 4.09. The molecule has 1 aliphatic rings. The van der Waals surface area contributed by atoms with E-state index in [9.17, 15) is 5.11 Å². The number of aryl methyl sites for hydroxylation is 2. The van der Waals surface area contributed by atoms with E-state index in [1.54, 1.807) is 0 Å². The van der Waals surface area contributed by atoms with Crippen LogP contribution in [0.2, 0.25) is 0 Å². The number of nitrogens with one attached hydrogen (secondary N) is 1. The molecule has 1 fully saturated rings. The summed E-state index contributed by atoms with van der Waals surface area (Å²) in [7, 11) is 0. The Bertz CT molecular complexity index is 389. The highest BCUT2D eigenvalue weighted by molar-refractivity contribution is 5.29. The predicted octanol–water partition coefficient (Wildman–Crippen LogP) is 2.94. The number of benzene rings is 1. The van der Waals surface area contributed by atoms with Crippen molar-refractivity contribution in [1.82, 2.24) is 5.32 Å². The molecule has 2 nitrogen and oxygen atoms in total. The summed E-state index contributed by atoms with van der Waals surface area (Å²) in [5.41, 5.74) is 4.07. The van der Waals surface area contributed by atoms with Gasteiger partial charge in [0.05, 0.1) is 6.10 Å². The predicted molar refractivity (Wildman–Crippen MR) is 75.6 cm³/mol. The number of hydrogen-bond donors (Lipinski definition) is 2. The van der Waals surface area contributed by atoms with Crippen molar-refractivity contribution in [3.63, 3.8) is 0 Å². The zero-order chi connectivity index (χ0) is 13.0. The van der Waals surface area contributed by atoms with E-state index in [1.165, 1.54) is 29.5 Å². The number of hydrogen-bond acceptors (Lipinski definition) is 2. The Morgan fingerprint density at radius 3 is 2.78 bits per heavy atom. The van der Waals surface area contributed by atoms with Gasteiger partial charge in [-0.2, -0.15) is 0 Å². The lowest BCUT2D eigenvalue weighted by molar-refractivity contribution is 0.101. The van der Waals surface area contributed by atoms with E-state index < -0.39 is 0 Å². The van der Waals surface area contributed by atoms with Crippen molar-refractivity contribution < 1.29 is 5.11 Å². The maximum atomic E-state index is 9.64. The molecule has 1 aromatic rings. The standard InChI is InChI=1S/C16H25NO/c1-12-6-7-15(8-13(12)2)11-17-10-14-4-3-5-16(18)9-14/h6-8,14,16-18H,3-5,9-11H2,1-2H3. The van der Waals surface area contributed by atoms with Crippen LogP contribution in [-0.2, 0) is 6.54 Å². The minimum Gasteiger partial charge on any atom is -0.393 e. The average Bonchev–Trinajstić information content (AvgIpc) is 2.34. The maximum absolute atomic E-state index is 9.64. The molecule has 2 rings (SSSR count). The molecule has 0 heterocycles. The lowest BCUT2D eigenvalue weighted by Crippen LogP contribution is -2.28. The minimum absolute atomic E-state index is 0.0628. The van der Waals surface area contributed by atoms with Crippen LogP contribution in [0.1, 0.15) is 42.4 Å². The summed E-state index contributed by atoms with van der Waals surface area (Å²) in [6.45, 7) is 6.28. The third kappa shape index (κ3) is 3.82. The van der Waals surface area contributed by atoms with Gasteiger partial charge in [0, 0.05) is 6.54 Å². The van der Waals surface area contributed by atoms with Gasteiger partial charge in [0.2, 0.25) is 0 Å². The zero-order valence-corrected chi connectivity index (χ0v) is 11.6. The van der Waals surface area contributed by atoms with Gasteiger partial charge >= 0.3 is 0 Å². The molecular weight excluding hydrogens is 222 g/mol. The molecule has 2 atom stereocenters. The highest BCUT2D eigenvalue weighted by Crippen LogP contribution is 2.23. The molecule has 2 unspecified atom stereocenters. The van der Waals surface area contributed by atoms with Crippen molar-refractivity contribution in [1.29, 1.82) is 0 Å². The summed E-state index contributed by atoms with van der Waals surface area (Å²) < 4.78 is 0. The van der Waals surface area contributed by atoms with Crippen LogP contribution in [0.3, 0.4) is 0 Å². The fraction of sp³-hybridized carbons (Fsp3) is 0.625. The monoisotopic (exact) mass is 247 g/mol. The first kappa shape index (κ1) is 13.6. The van der Waals surface area contributed by atoms with Crippen molar-refractivity contribution >= 4 is 0 Å². The van der Waals surface area contributed by atoms with Gasteiger partial charge in [0.1, 0.15) is 0 Å². The van der Waals surface area contributed by atoms with Gasteiger partial charge in [0.15, 0.2) is 0 Å². The first-order valence-electron chi connectivity index (χ1n) is 7.10. The van der Waals surface area contributed by atoms with Crippen LogP contribution in [0.4, 0.5) is 0 Å². The van der Waals surface area contributed by atoms with Crippen LogP contribution in [-0.4, -0.2) is 17.8 Å². The van der Waals surface area contributed by atoms with Gasteiger partial charge in [-0.1, -0.05) is 24.6 Å². The second kappa shape index (κ2) is 6.35. The summed E-state index contributed by atoms with van der Waals surface area (Å²) in [5.74, 6) is 0.653. The summed E-state index contributed by atoms with van der Waals surface area (Å²) in [5, 5.41) is 13.2. The van der Waals surface area contributed by atoms with Gasteiger partial charge in [0.25, 0.3) is 0 Å². The van der Waals surface area contributed by atoms with Gasteiger partial charge in [-0.3, -0.25) is 0 Å². The molecule has 0 aliphatic heterocycles. The lowest BCUT2D eigenvalue weighted by Gasteiger charge is -2.26. The van der Waals surface area contributed by atoms with Crippen LogP contribution < -0.4 is 5.32 Å². The largest absolute Gasteiger partial charge is 0.393 e. The van der Waals surface area contributed by atoms with Crippen molar-refractivity contribution in [2.45, 2.75) is 52.2 Å². The number of aliphatic hydroxyl groups excluding tert-OH is 1. The molecule has 1 saturated carbocycles. The average molecular weight is 247 g/mol. The molecule has 0 bridgehead atoms. The molecule has 2 N–H and O–H groups in total. The Morgan fingerprint density at radius 1 is 1.22 bits per heavy atom. The maximum Gasteiger partial charge on any atom is 0.0543 e. The van der Waals surface area contributed by atoms with Gasteiger partial charge in [-0.15, -0.1) is 0 Å². The van der Waals surface area contributed by atoms with Gasteiger partial charge in [-0.25, -0.2) is 0 Å². The van der Waals surface area contributed by atoms with E-state index in [-0.39, 0.29) is 6.10 Å². The smallest absolute Gasteiger partial charge is 0.0543 e. The molecule has 0 spiro atoms. The molecule has 1 aliphatic carbocycles. The van der Waals surface area contributed by atoms with Crippen LogP contribution >= 0.6 is 0 Å². The highest BCUT2D eigenvalue weighted by Gasteiger charge is 2.19. The molecule has 18 heavy (non-hydrogen) atoms. The Kier molecular flexibility index (Phi) is 4.79. The van der Waals surface area contributed by atoms with E-state index in [0.29, 0.717) is 5.92 Å². The molecule has 0 radical (unpaired) electrons. The summed E-state index contributed by atoms with van der Waals surface area (Å²) in [6.07, 6.45) is 4.34. The lowest BCUT2D eigenvalue weighted by atomic mass is 9.87. The zero-order valence-electron chi connectivity index (χ0n) is 11.6. The van der Waals surface area contributed by atoms with E-state index in [0.717, 1.165) is 25.9 Å². The molecule has 1 aromatic carbocycles. The first-order chi connectivity index (χ1) is 8.65. The molecule has 0 amide bonds. The highest BCUT2D eigenvalue weighted by atomic mass is 16.3. The van der Waals surface area contributed by atoms with E-state index in [2.05, 4.69) is 37.4 Å². The minimum atomic E-state index is -0.0628. The van der Waals surface area contributed by atoms with Gasteiger partial charge < -0.3 is 10.4 Å². The molecule has 2 heteroatoms. The summed E-state index contributed by atoms with van der Waals surface area (Å²) in [6, 6.07) is 6.65. The summed E-state index contributed by atoms with van der Waals surface area (Å²) in [4.78, 5) is 0. The fourth-order valence-electron chi connectivity index (χ4n) is 2.78. The van der Waals surface area contributed by atoms with Crippen LogP contribution in [0.5, 0.6) is 0 Å². The fourth-order valence-corrected chi connectivity index (χ4v) is 2.78. The van der Waals surface area contributed by atoms with Crippen molar-refractivity contribution in [2.75, 3.05) is 6.54 Å². The van der Waals surface area contributed by atoms with Crippen molar-refractivity contribution in [2.24, 2.45) is 5.92 Å². The van der Waals surface area contributed by atoms with Crippen molar-refractivity contribution in [3.8, 4) is 0 Å². The van der Waals surface area contributed by atoms with Crippen LogP contribution in [0, 0.1) is 19.8 Å². The Balaban J connectivity index is 1.76. The first-order valence-corrected chi connectivity index (χ1v) is 7.10. The number of rotatable bonds is 4. The SMILES string of the molecule is Cc1ccc(CNCC2CCCC(O)C2)cc1C. The quantitative estimate of drug-likeness (QED) is 0.857. The molecule has 100 valence electrons. The van der Waals surface area contributed by atoms with E-state index in [4.69, 9.17) is 0 Å². The van der Waals surface area contributed by atoms with E-state index in [1.807, 2.05) is 0 Å². The number of aliphatic hydroxyl groups is 1. The Labute approximate surface area is 110 Å². The van der Waals surface area contributed by atoms with Crippen molar-refractivity contribution in [3.05, 3.63) is 34.9 Å². The second-order valence-electron chi connectivity index (χ2n) is 5.74. The normalized spacial score (nSPS) is 24.2. The third-order valence-corrected chi connectivity index (χ3v) is 4.09. The van der Waals surface area contributed by atoms with Gasteiger partial charge in [-0.05, 0) is 62.3 Å². The van der Waals surface area contributed by atoms with E-state index >= 15 is 0 Å². The topological polar surface area (TPSA) is 32.3 Å². The Morgan fingerprint density at radius 2 is 2.06 bits per heavy atom. The molecule has 0 aromatic heterocycles. The van der Waals surface area contributed by atoms with Crippen LogP contribution in [0.15, 0.2) is 18.2 Å². The second-order valence-corrected chi connectivity index (χ2v) is 5.74. The Hall–Kier alpha value is -0.860. The molecule has 0 saturated heterocycles. The summed E-state index contributed by atoms with van der Waals surface area (Å²) >= 11 is 0. The van der Waals surface area contributed by atoms with Crippen LogP contribution in [0.25, 0.3) is 0 Å².